The van der Waals surface area contributed by atoms with E-state index in [2.05, 4.69) is 32.1 Å². The number of rotatable bonds is 6. The van der Waals surface area contributed by atoms with Crippen LogP contribution in [0.25, 0.3) is 0 Å². The number of aromatic nitrogens is 3. The molecule has 6 heteroatoms. The number of hydrogen-bond donors (Lipinski definition) is 2. The van der Waals surface area contributed by atoms with Gasteiger partial charge in [0.05, 0.1) is 0 Å². The van der Waals surface area contributed by atoms with E-state index in [0.717, 1.165) is 31.3 Å². The molecule has 0 unspecified atom stereocenters. The maximum Gasteiger partial charge on any atom is 0.223 e. The normalized spacial score (nSPS) is 10.3. The lowest BCUT2D eigenvalue weighted by Gasteiger charge is -2.22. The van der Waals surface area contributed by atoms with Crippen molar-refractivity contribution in [2.45, 2.75) is 20.4 Å². The first kappa shape index (κ1) is 14.0. The van der Waals surface area contributed by atoms with Gasteiger partial charge in [-0.25, -0.2) is 0 Å². The van der Waals surface area contributed by atoms with Crippen LogP contribution in [0.2, 0.25) is 0 Å². The van der Waals surface area contributed by atoms with E-state index < -0.39 is 0 Å². The summed E-state index contributed by atoms with van der Waals surface area (Å²) < 4.78 is 0. The van der Waals surface area contributed by atoms with Crippen LogP contribution in [0.15, 0.2) is 30.6 Å². The molecule has 0 aliphatic heterocycles. The first-order chi connectivity index (χ1) is 9.72. The number of nitrogens with one attached hydrogen (secondary N) is 1. The molecular formula is C14H20N6. The zero-order valence-electron chi connectivity index (χ0n) is 11.9. The fourth-order valence-corrected chi connectivity index (χ4v) is 1.95. The van der Waals surface area contributed by atoms with E-state index in [-0.39, 0.29) is 5.95 Å². The van der Waals surface area contributed by atoms with Gasteiger partial charge in [0.2, 0.25) is 5.95 Å². The van der Waals surface area contributed by atoms with E-state index in [1.54, 1.807) is 12.4 Å². The van der Waals surface area contributed by atoms with Crippen LogP contribution in [-0.4, -0.2) is 28.0 Å². The standard InChI is InChI=1S/C14H20N6/c1-3-17-12-9-13(19-14(15)18-12)20(4-2)10-11-5-7-16-8-6-11/h5-9H,3-4,10H2,1-2H3,(H3,15,17,18,19). The fraction of sp³-hybridized carbons (Fsp3) is 0.357. The van der Waals surface area contributed by atoms with Gasteiger partial charge < -0.3 is 16.0 Å². The number of pyridine rings is 1. The Morgan fingerprint density at radius 1 is 1.20 bits per heavy atom. The Bertz CT molecular complexity index is 543. The van der Waals surface area contributed by atoms with Crippen LogP contribution in [0.4, 0.5) is 17.6 Å². The monoisotopic (exact) mass is 272 g/mol. The molecule has 2 heterocycles. The third-order valence-corrected chi connectivity index (χ3v) is 2.92. The first-order valence-corrected chi connectivity index (χ1v) is 6.75. The summed E-state index contributed by atoms with van der Waals surface area (Å²) in [5, 5.41) is 3.16. The second-order valence-corrected chi connectivity index (χ2v) is 4.37. The molecule has 20 heavy (non-hydrogen) atoms. The zero-order chi connectivity index (χ0) is 14.4. The van der Waals surface area contributed by atoms with Crippen molar-refractivity contribution in [1.29, 1.82) is 0 Å². The average Bonchev–Trinajstić information content (AvgIpc) is 2.45. The minimum absolute atomic E-state index is 0.284. The van der Waals surface area contributed by atoms with E-state index >= 15 is 0 Å². The molecule has 0 saturated carbocycles. The lowest BCUT2D eigenvalue weighted by Crippen LogP contribution is -2.24. The highest BCUT2D eigenvalue weighted by molar-refractivity contribution is 5.52. The molecular weight excluding hydrogens is 252 g/mol. The molecule has 3 N–H and O–H groups in total. The number of anilines is 3. The van der Waals surface area contributed by atoms with Crippen molar-refractivity contribution in [2.75, 3.05) is 29.0 Å². The number of nitrogens with two attached hydrogens (primary N) is 1. The van der Waals surface area contributed by atoms with Gasteiger partial charge in [-0.3, -0.25) is 4.98 Å². The molecule has 0 radical (unpaired) electrons. The van der Waals surface area contributed by atoms with Crippen LogP contribution in [0.1, 0.15) is 19.4 Å². The highest BCUT2D eigenvalue weighted by Gasteiger charge is 2.09. The topological polar surface area (TPSA) is 80.0 Å². The van der Waals surface area contributed by atoms with Crippen molar-refractivity contribution in [2.24, 2.45) is 0 Å². The Morgan fingerprint density at radius 2 is 1.95 bits per heavy atom. The smallest absolute Gasteiger partial charge is 0.223 e. The average molecular weight is 272 g/mol. The van der Waals surface area contributed by atoms with Crippen molar-refractivity contribution in [3.05, 3.63) is 36.2 Å². The number of nitrogen functional groups attached to an aromatic ring is 1. The molecule has 0 saturated heterocycles. The largest absolute Gasteiger partial charge is 0.370 e. The van der Waals surface area contributed by atoms with Gasteiger partial charge in [0.1, 0.15) is 11.6 Å². The molecule has 2 aromatic heterocycles. The molecule has 0 aliphatic carbocycles. The SMILES string of the molecule is CCNc1cc(N(CC)Cc2ccncc2)nc(N)n1. The van der Waals surface area contributed by atoms with Crippen molar-refractivity contribution in [3.8, 4) is 0 Å². The van der Waals surface area contributed by atoms with Crippen LogP contribution < -0.4 is 16.0 Å². The van der Waals surface area contributed by atoms with Gasteiger partial charge in [-0.2, -0.15) is 9.97 Å². The maximum atomic E-state index is 5.78. The Labute approximate surface area is 119 Å². The lowest BCUT2D eigenvalue weighted by molar-refractivity contribution is 0.810. The highest BCUT2D eigenvalue weighted by Crippen LogP contribution is 2.18. The molecule has 0 spiro atoms. The zero-order valence-corrected chi connectivity index (χ0v) is 11.9. The summed E-state index contributed by atoms with van der Waals surface area (Å²) in [5.41, 5.74) is 6.96. The van der Waals surface area contributed by atoms with Crippen LogP contribution in [0.5, 0.6) is 0 Å². The molecule has 0 aliphatic rings. The van der Waals surface area contributed by atoms with Gasteiger partial charge in [-0.05, 0) is 31.5 Å². The third kappa shape index (κ3) is 3.57. The van der Waals surface area contributed by atoms with Crippen LogP contribution >= 0.6 is 0 Å². The summed E-state index contributed by atoms with van der Waals surface area (Å²) in [6.45, 7) is 6.51. The maximum absolute atomic E-state index is 5.78. The molecule has 106 valence electrons. The predicted molar refractivity (Wildman–Crippen MR) is 81.6 cm³/mol. The molecule has 0 aromatic carbocycles. The Morgan fingerprint density at radius 3 is 2.60 bits per heavy atom. The van der Waals surface area contributed by atoms with Crippen LogP contribution in [0, 0.1) is 0 Å². The van der Waals surface area contributed by atoms with Crippen molar-refractivity contribution in [1.82, 2.24) is 15.0 Å². The second-order valence-electron chi connectivity index (χ2n) is 4.37. The predicted octanol–water partition coefficient (Wildman–Crippen LogP) is 1.91. The molecule has 0 atom stereocenters. The molecule has 6 nitrogen and oxygen atoms in total. The second kappa shape index (κ2) is 6.70. The summed E-state index contributed by atoms with van der Waals surface area (Å²) in [5.74, 6) is 1.86. The van der Waals surface area contributed by atoms with Gasteiger partial charge in [-0.1, -0.05) is 0 Å². The number of nitrogens with zero attached hydrogens (tertiary/aromatic N) is 4. The molecule has 0 bridgehead atoms. The van der Waals surface area contributed by atoms with E-state index in [1.165, 1.54) is 5.56 Å². The van der Waals surface area contributed by atoms with Crippen molar-refractivity contribution in [3.63, 3.8) is 0 Å². The third-order valence-electron chi connectivity index (χ3n) is 2.92. The van der Waals surface area contributed by atoms with Crippen LogP contribution in [-0.2, 0) is 6.54 Å². The first-order valence-electron chi connectivity index (χ1n) is 6.75. The summed E-state index contributed by atoms with van der Waals surface area (Å²) >= 11 is 0. The van der Waals surface area contributed by atoms with Gasteiger partial charge in [0.15, 0.2) is 0 Å². The van der Waals surface area contributed by atoms with E-state index in [4.69, 9.17) is 5.73 Å². The Kier molecular flexibility index (Phi) is 4.70. The summed E-state index contributed by atoms with van der Waals surface area (Å²) in [6.07, 6.45) is 3.59. The quantitative estimate of drug-likeness (QED) is 0.836. The van der Waals surface area contributed by atoms with Crippen LogP contribution in [0.3, 0.4) is 0 Å². The number of hydrogen-bond acceptors (Lipinski definition) is 6. The van der Waals surface area contributed by atoms with E-state index in [0.29, 0.717) is 0 Å². The molecule has 0 fully saturated rings. The minimum Gasteiger partial charge on any atom is -0.370 e. The minimum atomic E-state index is 0.284. The van der Waals surface area contributed by atoms with E-state index in [9.17, 15) is 0 Å². The van der Waals surface area contributed by atoms with Gasteiger partial charge in [-0.15, -0.1) is 0 Å². The van der Waals surface area contributed by atoms with Gasteiger partial charge in [0, 0.05) is 38.1 Å². The summed E-state index contributed by atoms with van der Waals surface area (Å²) in [7, 11) is 0. The van der Waals surface area contributed by atoms with E-state index in [1.807, 2.05) is 25.1 Å². The van der Waals surface area contributed by atoms with Gasteiger partial charge in [0.25, 0.3) is 0 Å². The molecule has 2 aromatic rings. The molecule has 2 rings (SSSR count). The van der Waals surface area contributed by atoms with Crippen molar-refractivity contribution < 1.29 is 0 Å². The van der Waals surface area contributed by atoms with Gasteiger partial charge >= 0.3 is 0 Å². The lowest BCUT2D eigenvalue weighted by atomic mass is 10.2. The Balaban J connectivity index is 2.22. The van der Waals surface area contributed by atoms with Crippen molar-refractivity contribution >= 4 is 17.6 Å². The Hall–Kier alpha value is -2.37. The molecule has 0 amide bonds. The highest BCUT2D eigenvalue weighted by atomic mass is 15.2. The fourth-order valence-electron chi connectivity index (χ4n) is 1.95. The summed E-state index contributed by atoms with van der Waals surface area (Å²) in [4.78, 5) is 14.7. The summed E-state index contributed by atoms with van der Waals surface area (Å²) in [6, 6.07) is 5.92.